The van der Waals surface area contributed by atoms with Crippen LogP contribution in [0.2, 0.25) is 0 Å². The van der Waals surface area contributed by atoms with Gasteiger partial charge in [-0.05, 0) is 39.2 Å². The Morgan fingerprint density at radius 2 is 2.00 bits per heavy atom. The number of nitrogens with one attached hydrogen (secondary N) is 1. The molecule has 0 spiro atoms. The SMILES string of the molecule is Cc1cc(C)n2c(SCC(=O)N[C@H](C)CCCC(C)C)nnc2n1. The number of amides is 1. The fraction of sp³-hybridized carbons (Fsp3) is 0.647. The van der Waals surface area contributed by atoms with Crippen molar-refractivity contribution in [3.63, 3.8) is 0 Å². The van der Waals surface area contributed by atoms with Gasteiger partial charge in [-0.15, -0.1) is 10.2 Å². The van der Waals surface area contributed by atoms with Crippen molar-refractivity contribution in [2.45, 2.75) is 65.1 Å². The number of hydrogen-bond donors (Lipinski definition) is 1. The molecule has 0 aliphatic carbocycles. The standard InChI is InChI=1S/C17H27N5OS/c1-11(2)7-6-8-12(3)18-15(23)10-24-17-21-20-16-19-13(4)9-14(5)22(16)17/h9,11-12H,6-8,10H2,1-5H3,(H,18,23)/t12-/m1/s1. The Kier molecular flexibility index (Phi) is 6.60. The fourth-order valence-corrected chi connectivity index (χ4v) is 3.44. The van der Waals surface area contributed by atoms with E-state index in [0.717, 1.165) is 24.2 Å². The van der Waals surface area contributed by atoms with E-state index in [2.05, 4.69) is 41.3 Å². The highest BCUT2D eigenvalue weighted by molar-refractivity contribution is 7.99. The molecular weight excluding hydrogens is 322 g/mol. The van der Waals surface area contributed by atoms with Gasteiger partial charge in [0.05, 0.1) is 5.75 Å². The van der Waals surface area contributed by atoms with E-state index in [1.165, 1.54) is 18.2 Å². The second-order valence-electron chi connectivity index (χ2n) is 6.74. The van der Waals surface area contributed by atoms with E-state index in [9.17, 15) is 4.79 Å². The van der Waals surface area contributed by atoms with Gasteiger partial charge in [0, 0.05) is 17.4 Å². The van der Waals surface area contributed by atoms with Crippen LogP contribution in [0.4, 0.5) is 0 Å². The molecule has 0 fully saturated rings. The van der Waals surface area contributed by atoms with E-state index in [4.69, 9.17) is 0 Å². The Morgan fingerprint density at radius 3 is 2.71 bits per heavy atom. The van der Waals surface area contributed by atoms with E-state index in [1.807, 2.05) is 24.3 Å². The predicted octanol–water partition coefficient (Wildman–Crippen LogP) is 3.16. The molecule has 0 bridgehead atoms. The molecule has 0 aliphatic heterocycles. The van der Waals surface area contributed by atoms with Crippen LogP contribution >= 0.6 is 11.8 Å². The van der Waals surface area contributed by atoms with Crippen LogP contribution in [0.1, 0.15) is 51.4 Å². The zero-order valence-corrected chi connectivity index (χ0v) is 16.0. The summed E-state index contributed by atoms with van der Waals surface area (Å²) < 4.78 is 1.89. The van der Waals surface area contributed by atoms with Crippen LogP contribution in [0.25, 0.3) is 5.78 Å². The topological polar surface area (TPSA) is 72.2 Å². The van der Waals surface area contributed by atoms with Crippen molar-refractivity contribution in [3.05, 3.63) is 17.5 Å². The second kappa shape index (κ2) is 8.46. The van der Waals surface area contributed by atoms with Crippen LogP contribution in [-0.2, 0) is 4.79 Å². The van der Waals surface area contributed by atoms with Gasteiger partial charge >= 0.3 is 0 Å². The van der Waals surface area contributed by atoms with Crippen molar-refractivity contribution in [3.8, 4) is 0 Å². The third kappa shape index (κ3) is 5.19. The number of carbonyl (C=O) groups is 1. The summed E-state index contributed by atoms with van der Waals surface area (Å²) in [6.07, 6.45) is 3.36. The summed E-state index contributed by atoms with van der Waals surface area (Å²) >= 11 is 1.39. The summed E-state index contributed by atoms with van der Waals surface area (Å²) in [5.41, 5.74) is 1.93. The van der Waals surface area contributed by atoms with E-state index in [1.54, 1.807) is 0 Å². The minimum absolute atomic E-state index is 0.0338. The number of rotatable bonds is 8. The molecule has 0 saturated heterocycles. The van der Waals surface area contributed by atoms with Crippen LogP contribution in [-0.4, -0.2) is 37.3 Å². The first-order chi connectivity index (χ1) is 11.4. The predicted molar refractivity (Wildman–Crippen MR) is 97.3 cm³/mol. The van der Waals surface area contributed by atoms with Gasteiger partial charge in [0.1, 0.15) is 0 Å². The molecule has 0 aromatic carbocycles. The third-order valence-corrected chi connectivity index (χ3v) is 4.75. The highest BCUT2D eigenvalue weighted by Gasteiger charge is 2.13. The maximum Gasteiger partial charge on any atom is 0.256 e. The van der Waals surface area contributed by atoms with Crippen LogP contribution in [0, 0.1) is 19.8 Å². The number of thioether (sulfide) groups is 1. The smallest absolute Gasteiger partial charge is 0.256 e. The molecule has 2 rings (SSSR count). The highest BCUT2D eigenvalue weighted by atomic mass is 32.2. The Bertz CT molecular complexity index is 698. The zero-order chi connectivity index (χ0) is 17.7. The Labute approximate surface area is 147 Å². The lowest BCUT2D eigenvalue weighted by Gasteiger charge is -2.14. The summed E-state index contributed by atoms with van der Waals surface area (Å²) in [5, 5.41) is 12.0. The van der Waals surface area contributed by atoms with Gasteiger partial charge < -0.3 is 5.32 Å². The molecule has 132 valence electrons. The highest BCUT2D eigenvalue weighted by Crippen LogP contribution is 2.18. The normalized spacial score (nSPS) is 12.8. The van der Waals surface area contributed by atoms with E-state index >= 15 is 0 Å². The van der Waals surface area contributed by atoms with Gasteiger partial charge in [-0.3, -0.25) is 9.20 Å². The van der Waals surface area contributed by atoms with Gasteiger partial charge in [-0.25, -0.2) is 4.98 Å². The first-order valence-corrected chi connectivity index (χ1v) is 9.47. The summed E-state index contributed by atoms with van der Waals surface area (Å²) in [5.74, 6) is 1.66. The number of carbonyl (C=O) groups excluding carboxylic acids is 1. The number of aromatic nitrogens is 4. The van der Waals surface area contributed by atoms with Crippen LogP contribution in [0.3, 0.4) is 0 Å². The number of aryl methyl sites for hydroxylation is 2. The Balaban J connectivity index is 1.86. The molecular formula is C17H27N5OS. The second-order valence-corrected chi connectivity index (χ2v) is 7.68. The minimum atomic E-state index is 0.0338. The van der Waals surface area contributed by atoms with Crippen molar-refractivity contribution in [1.29, 1.82) is 0 Å². The molecule has 0 unspecified atom stereocenters. The molecule has 2 aromatic rings. The van der Waals surface area contributed by atoms with Crippen molar-refractivity contribution >= 4 is 23.4 Å². The fourth-order valence-electron chi connectivity index (χ4n) is 2.64. The molecule has 2 heterocycles. The van der Waals surface area contributed by atoms with E-state index in [-0.39, 0.29) is 11.9 Å². The van der Waals surface area contributed by atoms with Crippen molar-refractivity contribution < 1.29 is 4.79 Å². The summed E-state index contributed by atoms with van der Waals surface area (Å²) in [7, 11) is 0. The minimum Gasteiger partial charge on any atom is -0.353 e. The maximum atomic E-state index is 12.1. The van der Waals surface area contributed by atoms with E-state index in [0.29, 0.717) is 22.6 Å². The average molecular weight is 350 g/mol. The van der Waals surface area contributed by atoms with Gasteiger partial charge in [-0.1, -0.05) is 38.5 Å². The molecule has 1 atom stereocenters. The largest absolute Gasteiger partial charge is 0.353 e. The van der Waals surface area contributed by atoms with Crippen molar-refractivity contribution in [2.24, 2.45) is 5.92 Å². The number of nitrogens with zero attached hydrogens (tertiary/aromatic N) is 4. The van der Waals surface area contributed by atoms with Gasteiger partial charge in [0.15, 0.2) is 5.16 Å². The van der Waals surface area contributed by atoms with E-state index < -0.39 is 0 Å². The quantitative estimate of drug-likeness (QED) is 0.741. The van der Waals surface area contributed by atoms with Crippen LogP contribution < -0.4 is 5.32 Å². The molecule has 0 saturated carbocycles. The lowest BCUT2D eigenvalue weighted by molar-refractivity contribution is -0.119. The van der Waals surface area contributed by atoms with Crippen molar-refractivity contribution in [1.82, 2.24) is 24.9 Å². The molecule has 2 aromatic heterocycles. The number of hydrogen-bond acceptors (Lipinski definition) is 5. The van der Waals surface area contributed by atoms with Crippen LogP contribution in [0.15, 0.2) is 11.2 Å². The molecule has 6 nitrogen and oxygen atoms in total. The Hall–Kier alpha value is -1.63. The molecule has 0 aliphatic rings. The van der Waals surface area contributed by atoms with Gasteiger partial charge in [-0.2, -0.15) is 0 Å². The average Bonchev–Trinajstić information content (AvgIpc) is 2.87. The van der Waals surface area contributed by atoms with Gasteiger partial charge in [0.2, 0.25) is 5.91 Å². The third-order valence-electron chi connectivity index (χ3n) is 3.82. The first-order valence-electron chi connectivity index (χ1n) is 8.48. The van der Waals surface area contributed by atoms with Crippen molar-refractivity contribution in [2.75, 3.05) is 5.75 Å². The lowest BCUT2D eigenvalue weighted by atomic mass is 10.0. The zero-order valence-electron chi connectivity index (χ0n) is 15.2. The lowest BCUT2D eigenvalue weighted by Crippen LogP contribution is -2.33. The molecule has 7 heteroatoms. The number of fused-ring (bicyclic) bond motifs is 1. The van der Waals surface area contributed by atoms with Gasteiger partial charge in [0.25, 0.3) is 5.78 Å². The maximum absolute atomic E-state index is 12.1. The van der Waals surface area contributed by atoms with Crippen LogP contribution in [0.5, 0.6) is 0 Å². The molecule has 24 heavy (non-hydrogen) atoms. The molecule has 1 amide bonds. The summed E-state index contributed by atoms with van der Waals surface area (Å²) in [4.78, 5) is 16.5. The molecule has 0 radical (unpaired) electrons. The Morgan fingerprint density at radius 1 is 1.25 bits per heavy atom. The first kappa shape index (κ1) is 18.7. The summed E-state index contributed by atoms with van der Waals surface area (Å²) in [6, 6.07) is 2.19. The monoisotopic (exact) mass is 349 g/mol. The molecule has 1 N–H and O–H groups in total. The summed E-state index contributed by atoms with van der Waals surface area (Å²) in [6.45, 7) is 10.4.